The van der Waals surface area contributed by atoms with E-state index >= 15 is 0 Å². The molecule has 1 amide bonds. The Labute approximate surface area is 116 Å². The van der Waals surface area contributed by atoms with E-state index in [-0.39, 0.29) is 12.5 Å². The SMILES string of the molecule is CN(CCCCCO)C(=O)c1cc(N)cc(Br)c1. The lowest BCUT2D eigenvalue weighted by atomic mass is 10.1. The highest BCUT2D eigenvalue weighted by Gasteiger charge is 2.12. The summed E-state index contributed by atoms with van der Waals surface area (Å²) < 4.78 is 0.805. The first-order chi connectivity index (χ1) is 8.54. The first kappa shape index (κ1) is 15.0. The smallest absolute Gasteiger partial charge is 0.253 e. The molecule has 3 N–H and O–H groups in total. The molecule has 0 saturated heterocycles. The third-order valence-corrected chi connectivity index (χ3v) is 3.12. The van der Waals surface area contributed by atoms with E-state index in [0.29, 0.717) is 17.8 Å². The monoisotopic (exact) mass is 314 g/mol. The lowest BCUT2D eigenvalue weighted by molar-refractivity contribution is 0.0792. The molecule has 1 rings (SSSR count). The van der Waals surface area contributed by atoms with E-state index in [1.54, 1.807) is 30.1 Å². The molecule has 18 heavy (non-hydrogen) atoms. The second-order valence-electron chi connectivity index (χ2n) is 4.28. The number of nitrogen functional groups attached to an aromatic ring is 1. The Morgan fingerprint density at radius 1 is 1.33 bits per heavy atom. The fourth-order valence-corrected chi connectivity index (χ4v) is 2.21. The maximum absolute atomic E-state index is 12.1. The third-order valence-electron chi connectivity index (χ3n) is 2.67. The largest absolute Gasteiger partial charge is 0.399 e. The van der Waals surface area contributed by atoms with Gasteiger partial charge in [-0.1, -0.05) is 15.9 Å². The quantitative estimate of drug-likeness (QED) is 0.625. The molecule has 0 aliphatic rings. The molecule has 4 nitrogen and oxygen atoms in total. The average molecular weight is 315 g/mol. The number of halogens is 1. The molecule has 0 spiro atoms. The van der Waals surface area contributed by atoms with Crippen LogP contribution >= 0.6 is 15.9 Å². The van der Waals surface area contributed by atoms with Crippen molar-refractivity contribution >= 4 is 27.5 Å². The van der Waals surface area contributed by atoms with E-state index < -0.39 is 0 Å². The predicted molar refractivity (Wildman–Crippen MR) is 76.5 cm³/mol. The average Bonchev–Trinajstić information content (AvgIpc) is 2.32. The summed E-state index contributed by atoms with van der Waals surface area (Å²) in [6, 6.07) is 5.21. The Kier molecular flexibility index (Phi) is 6.15. The van der Waals surface area contributed by atoms with Crippen molar-refractivity contribution in [2.75, 3.05) is 25.9 Å². The van der Waals surface area contributed by atoms with Crippen molar-refractivity contribution in [3.8, 4) is 0 Å². The number of rotatable bonds is 6. The first-order valence-corrected chi connectivity index (χ1v) is 6.76. The minimum absolute atomic E-state index is 0.0352. The summed E-state index contributed by atoms with van der Waals surface area (Å²) in [5, 5.41) is 8.68. The van der Waals surface area contributed by atoms with Gasteiger partial charge in [-0.25, -0.2) is 0 Å². The fourth-order valence-electron chi connectivity index (χ4n) is 1.70. The zero-order valence-corrected chi connectivity index (χ0v) is 12.1. The van der Waals surface area contributed by atoms with Crippen LogP contribution in [0.2, 0.25) is 0 Å². The zero-order valence-electron chi connectivity index (χ0n) is 10.5. The van der Waals surface area contributed by atoms with Crippen LogP contribution in [0.25, 0.3) is 0 Å². The molecular formula is C13H19BrN2O2. The maximum Gasteiger partial charge on any atom is 0.253 e. The van der Waals surface area contributed by atoms with Gasteiger partial charge in [0.05, 0.1) is 0 Å². The Bertz CT molecular complexity index is 390. The van der Waals surface area contributed by atoms with Crippen molar-refractivity contribution in [1.29, 1.82) is 0 Å². The normalized spacial score (nSPS) is 10.4. The summed E-state index contributed by atoms with van der Waals surface area (Å²) in [7, 11) is 1.78. The van der Waals surface area contributed by atoms with E-state index in [2.05, 4.69) is 15.9 Å². The number of unbranched alkanes of at least 4 members (excludes halogenated alkanes) is 2. The Balaban J connectivity index is 2.57. The van der Waals surface area contributed by atoms with Crippen molar-refractivity contribution < 1.29 is 9.90 Å². The molecule has 0 aromatic heterocycles. The van der Waals surface area contributed by atoms with Crippen LogP contribution in [0.3, 0.4) is 0 Å². The number of hydrogen-bond donors (Lipinski definition) is 2. The standard InChI is InChI=1S/C13H19BrN2O2/c1-16(5-3-2-4-6-17)13(18)10-7-11(14)9-12(15)8-10/h7-9,17H,2-6,15H2,1H3. The van der Waals surface area contributed by atoms with Gasteiger partial charge in [0.2, 0.25) is 0 Å². The van der Waals surface area contributed by atoms with Gasteiger partial charge >= 0.3 is 0 Å². The van der Waals surface area contributed by atoms with Crippen LogP contribution in [-0.2, 0) is 0 Å². The first-order valence-electron chi connectivity index (χ1n) is 5.97. The molecule has 1 aromatic carbocycles. The molecule has 5 heteroatoms. The van der Waals surface area contributed by atoms with Crippen LogP contribution in [0.5, 0.6) is 0 Å². The number of amides is 1. The van der Waals surface area contributed by atoms with Crippen LogP contribution < -0.4 is 5.73 Å². The number of aliphatic hydroxyl groups is 1. The number of carbonyl (C=O) groups is 1. The number of nitrogens with zero attached hydrogens (tertiary/aromatic N) is 1. The van der Waals surface area contributed by atoms with Gasteiger partial charge in [-0.05, 0) is 37.5 Å². The van der Waals surface area contributed by atoms with E-state index in [1.165, 1.54) is 0 Å². The molecule has 0 aliphatic carbocycles. The Hall–Kier alpha value is -1.07. The topological polar surface area (TPSA) is 66.6 Å². The van der Waals surface area contributed by atoms with Gasteiger partial charge in [0.1, 0.15) is 0 Å². The highest BCUT2D eigenvalue weighted by atomic mass is 79.9. The summed E-state index contributed by atoms with van der Waals surface area (Å²) in [4.78, 5) is 13.8. The van der Waals surface area contributed by atoms with Crippen LogP contribution in [0, 0.1) is 0 Å². The predicted octanol–water partition coefficient (Wildman–Crippen LogP) is 2.27. The number of hydrogen-bond acceptors (Lipinski definition) is 3. The number of benzene rings is 1. The highest BCUT2D eigenvalue weighted by molar-refractivity contribution is 9.10. The molecule has 0 heterocycles. The lowest BCUT2D eigenvalue weighted by Gasteiger charge is -2.17. The second kappa shape index (κ2) is 7.38. The zero-order chi connectivity index (χ0) is 13.5. The van der Waals surface area contributed by atoms with Gasteiger partial charge < -0.3 is 15.7 Å². The van der Waals surface area contributed by atoms with Crippen molar-refractivity contribution in [3.05, 3.63) is 28.2 Å². The summed E-state index contributed by atoms with van der Waals surface area (Å²) in [6.07, 6.45) is 2.60. The molecule has 0 aliphatic heterocycles. The molecule has 0 unspecified atom stereocenters. The lowest BCUT2D eigenvalue weighted by Crippen LogP contribution is -2.27. The molecule has 0 saturated carbocycles. The molecule has 100 valence electrons. The van der Waals surface area contributed by atoms with E-state index in [0.717, 1.165) is 23.7 Å². The third kappa shape index (κ3) is 4.66. The summed E-state index contributed by atoms with van der Waals surface area (Å²) in [6.45, 7) is 0.894. The van der Waals surface area contributed by atoms with Gasteiger partial charge in [0.25, 0.3) is 5.91 Å². The van der Waals surface area contributed by atoms with Crippen molar-refractivity contribution in [1.82, 2.24) is 4.90 Å². The molecule has 1 aromatic rings. The van der Waals surface area contributed by atoms with Crippen molar-refractivity contribution in [2.24, 2.45) is 0 Å². The summed E-state index contributed by atoms with van der Waals surface area (Å²) in [5.41, 5.74) is 6.87. The van der Waals surface area contributed by atoms with Crippen LogP contribution in [0.15, 0.2) is 22.7 Å². The molecule has 0 atom stereocenters. The molecule has 0 bridgehead atoms. The van der Waals surface area contributed by atoms with Crippen LogP contribution in [0.1, 0.15) is 29.6 Å². The Morgan fingerprint density at radius 2 is 2.06 bits per heavy atom. The number of carbonyl (C=O) groups excluding carboxylic acids is 1. The van der Waals surface area contributed by atoms with Crippen LogP contribution in [-0.4, -0.2) is 36.1 Å². The highest BCUT2D eigenvalue weighted by Crippen LogP contribution is 2.18. The maximum atomic E-state index is 12.1. The van der Waals surface area contributed by atoms with Gasteiger partial charge in [-0.15, -0.1) is 0 Å². The van der Waals surface area contributed by atoms with E-state index in [1.807, 2.05) is 0 Å². The van der Waals surface area contributed by atoms with E-state index in [4.69, 9.17) is 10.8 Å². The Morgan fingerprint density at radius 3 is 2.67 bits per heavy atom. The fraction of sp³-hybridized carbons (Fsp3) is 0.462. The summed E-state index contributed by atoms with van der Waals surface area (Å²) >= 11 is 3.33. The molecular weight excluding hydrogens is 296 g/mol. The summed E-state index contributed by atoms with van der Waals surface area (Å²) in [5.74, 6) is -0.0352. The van der Waals surface area contributed by atoms with Gasteiger partial charge in [-0.2, -0.15) is 0 Å². The van der Waals surface area contributed by atoms with Crippen LogP contribution in [0.4, 0.5) is 5.69 Å². The minimum Gasteiger partial charge on any atom is -0.399 e. The number of nitrogens with two attached hydrogens (primary N) is 1. The number of aliphatic hydroxyl groups excluding tert-OH is 1. The van der Waals surface area contributed by atoms with E-state index in [9.17, 15) is 4.79 Å². The molecule has 0 fully saturated rings. The number of anilines is 1. The van der Waals surface area contributed by atoms with Gasteiger partial charge in [0, 0.05) is 35.9 Å². The minimum atomic E-state index is -0.0352. The van der Waals surface area contributed by atoms with Crippen molar-refractivity contribution in [2.45, 2.75) is 19.3 Å². The second-order valence-corrected chi connectivity index (χ2v) is 5.20. The van der Waals surface area contributed by atoms with Gasteiger partial charge in [-0.3, -0.25) is 4.79 Å². The van der Waals surface area contributed by atoms with Crippen molar-refractivity contribution in [3.63, 3.8) is 0 Å². The molecule has 0 radical (unpaired) electrons. The van der Waals surface area contributed by atoms with Gasteiger partial charge in [0.15, 0.2) is 0 Å².